The predicted octanol–water partition coefficient (Wildman–Crippen LogP) is 3.90. The van der Waals surface area contributed by atoms with E-state index in [-0.39, 0.29) is 43.8 Å². The molecule has 0 amide bonds. The average Bonchev–Trinajstić information content (AvgIpc) is 3.05. The number of rotatable bonds is 8. The Kier molecular flexibility index (Phi) is 34.2. The number of carbonyl (C=O) groups excluding carboxylic acids is 5. The zero-order valence-corrected chi connectivity index (χ0v) is 30.1. The normalized spacial score (nSPS) is 22.4. The first-order valence-corrected chi connectivity index (χ1v) is 16.6. The summed E-state index contributed by atoms with van der Waals surface area (Å²) in [5, 5.41) is 16.5. The molecule has 0 spiro atoms. The molecular weight excluding hydrogens is 620 g/mol. The number of aliphatic hydroxyl groups is 2. The fourth-order valence-electron chi connectivity index (χ4n) is 3.74. The lowest BCUT2D eigenvalue weighted by molar-refractivity contribution is -0.191. The fourth-order valence-corrected chi connectivity index (χ4v) is 3.74. The van der Waals surface area contributed by atoms with E-state index >= 15 is 0 Å². The van der Waals surface area contributed by atoms with Crippen LogP contribution in [0.5, 0.6) is 0 Å². The Labute approximate surface area is 281 Å². The van der Waals surface area contributed by atoms with Crippen molar-refractivity contribution in [3.63, 3.8) is 0 Å². The van der Waals surface area contributed by atoms with Crippen LogP contribution in [0.4, 0.5) is 0 Å². The highest BCUT2D eigenvalue weighted by atomic mass is 16.7. The van der Waals surface area contributed by atoms with E-state index in [0.717, 1.165) is 51.4 Å². The lowest BCUT2D eigenvalue weighted by Gasteiger charge is -2.22. The second-order valence-electron chi connectivity index (χ2n) is 10.3. The number of aliphatic hydroxyl groups excluding tert-OH is 2. The molecule has 14 nitrogen and oxygen atoms in total. The molecule has 2 saturated heterocycles. The minimum atomic E-state index is -1.04. The first-order chi connectivity index (χ1) is 22.4. The van der Waals surface area contributed by atoms with Gasteiger partial charge in [0.05, 0.1) is 31.7 Å². The first-order valence-electron chi connectivity index (χ1n) is 16.6. The highest BCUT2D eigenvalue weighted by Gasteiger charge is 2.32. The van der Waals surface area contributed by atoms with E-state index in [2.05, 4.69) is 23.7 Å². The first kappa shape index (κ1) is 48.6. The van der Waals surface area contributed by atoms with Gasteiger partial charge in [0.25, 0.3) is 0 Å². The van der Waals surface area contributed by atoms with E-state index < -0.39 is 36.2 Å². The van der Waals surface area contributed by atoms with Crippen LogP contribution in [0.1, 0.15) is 106 Å². The van der Waals surface area contributed by atoms with Crippen LogP contribution in [0, 0.1) is 11.8 Å². The van der Waals surface area contributed by atoms with Crippen molar-refractivity contribution in [2.75, 3.05) is 47.4 Å². The van der Waals surface area contributed by atoms with Gasteiger partial charge >= 0.3 is 29.8 Å². The Morgan fingerprint density at radius 3 is 1.47 bits per heavy atom. The van der Waals surface area contributed by atoms with Crippen LogP contribution in [-0.2, 0) is 57.1 Å². The molecule has 2 aliphatic heterocycles. The third kappa shape index (κ3) is 26.9. The maximum Gasteiger partial charge on any atom is 0.347 e. The van der Waals surface area contributed by atoms with Crippen molar-refractivity contribution in [2.24, 2.45) is 11.8 Å². The van der Waals surface area contributed by atoms with Crippen LogP contribution < -0.4 is 0 Å². The van der Waals surface area contributed by atoms with Gasteiger partial charge in [0.2, 0.25) is 6.79 Å². The molecule has 2 rings (SSSR count). The molecule has 5 atom stereocenters. The molecule has 0 saturated carbocycles. The highest BCUT2D eigenvalue weighted by Crippen LogP contribution is 2.20. The summed E-state index contributed by atoms with van der Waals surface area (Å²) >= 11 is 0. The van der Waals surface area contributed by atoms with Gasteiger partial charge in [-0.15, -0.1) is 0 Å². The molecular formula is C33H62O14. The summed E-state index contributed by atoms with van der Waals surface area (Å²) in [5.41, 5.74) is 0. The maximum absolute atomic E-state index is 11.9. The van der Waals surface area contributed by atoms with Gasteiger partial charge in [0.15, 0.2) is 12.2 Å². The number of cyclic esters (lactones) is 4. The number of carbonyl (C=O) groups is 5. The second-order valence-corrected chi connectivity index (χ2v) is 10.3. The minimum Gasteiger partial charge on any atom is -0.461 e. The molecule has 2 N–H and O–H groups in total. The lowest BCUT2D eigenvalue weighted by Crippen LogP contribution is -2.40. The van der Waals surface area contributed by atoms with Crippen molar-refractivity contribution in [1.82, 2.24) is 0 Å². The van der Waals surface area contributed by atoms with Gasteiger partial charge in [-0.25, -0.2) is 14.4 Å². The summed E-state index contributed by atoms with van der Waals surface area (Å²) in [6.07, 6.45) is 6.42. The molecule has 0 aromatic rings. The smallest absolute Gasteiger partial charge is 0.347 e. The van der Waals surface area contributed by atoms with E-state index in [1.807, 2.05) is 27.7 Å². The Morgan fingerprint density at radius 1 is 0.745 bits per heavy atom. The molecule has 14 heteroatoms. The van der Waals surface area contributed by atoms with Crippen molar-refractivity contribution in [1.29, 1.82) is 0 Å². The van der Waals surface area contributed by atoms with E-state index in [0.29, 0.717) is 13.2 Å². The standard InChI is InChI=1S/C16H28O4.C6H8O4.C6H12O4.C3H8O2.C2H6/c1-3-13-10-8-6-5-7-9-11-14(4-2)16(18)20-12-19-15(13)17;1-3-5(7)10-4(2)6(8)9-3;1-5(7)6(8)10-4-3-9-2;1-5-3-2-4;1-2/h13-14H,3-12H2,1-2H3;3-4H,1-2H3;5,7H,3-4H2,1-2H3;4H,2-3H2,1H3;1-2H3. The molecule has 2 heterocycles. The second kappa shape index (κ2) is 33.1. The van der Waals surface area contributed by atoms with Gasteiger partial charge in [0.1, 0.15) is 12.7 Å². The van der Waals surface area contributed by atoms with E-state index in [9.17, 15) is 24.0 Å². The van der Waals surface area contributed by atoms with Crippen molar-refractivity contribution >= 4 is 29.8 Å². The summed E-state index contributed by atoms with van der Waals surface area (Å²) in [5.74, 6) is -2.15. The minimum absolute atomic E-state index is 0.0568. The summed E-state index contributed by atoms with van der Waals surface area (Å²) in [6, 6.07) is 0. The number of hydrogen-bond acceptors (Lipinski definition) is 14. The number of esters is 5. The molecule has 5 unspecified atom stereocenters. The third-order valence-electron chi connectivity index (χ3n) is 6.58. The molecule has 2 fully saturated rings. The Balaban J connectivity index is -0.000000604. The van der Waals surface area contributed by atoms with Crippen LogP contribution in [-0.4, -0.2) is 106 Å². The molecule has 0 radical (unpaired) electrons. The summed E-state index contributed by atoms with van der Waals surface area (Å²) in [7, 11) is 3.06. The predicted molar refractivity (Wildman–Crippen MR) is 173 cm³/mol. The monoisotopic (exact) mass is 682 g/mol. The van der Waals surface area contributed by atoms with Gasteiger partial charge in [-0.1, -0.05) is 59.8 Å². The lowest BCUT2D eigenvalue weighted by atomic mass is 9.96. The van der Waals surface area contributed by atoms with Crippen LogP contribution in [0.25, 0.3) is 0 Å². The Morgan fingerprint density at radius 2 is 1.15 bits per heavy atom. The molecule has 0 bridgehead atoms. The maximum atomic E-state index is 11.9. The zero-order chi connectivity index (χ0) is 36.6. The SMILES string of the molecule is CC.CC1OC(=O)C(C)OC1=O.CCC1CCCCCCCC(CC)C(=O)OCOC1=O.COCCO.COCCOC(=O)C(C)O. The fraction of sp³-hybridized carbons (Fsp3) is 0.848. The molecule has 0 aliphatic carbocycles. The van der Waals surface area contributed by atoms with Crippen molar-refractivity contribution in [3.05, 3.63) is 0 Å². The van der Waals surface area contributed by atoms with E-state index in [1.165, 1.54) is 34.3 Å². The van der Waals surface area contributed by atoms with E-state index in [4.69, 9.17) is 19.7 Å². The van der Waals surface area contributed by atoms with Gasteiger partial charge in [-0.3, -0.25) is 9.59 Å². The average molecular weight is 683 g/mol. The Hall–Kier alpha value is -2.81. The van der Waals surface area contributed by atoms with Crippen LogP contribution in [0.2, 0.25) is 0 Å². The van der Waals surface area contributed by atoms with Gasteiger partial charge in [-0.05, 0) is 46.5 Å². The van der Waals surface area contributed by atoms with Gasteiger partial charge in [-0.2, -0.15) is 0 Å². The van der Waals surface area contributed by atoms with Gasteiger partial charge < -0.3 is 43.4 Å². The van der Waals surface area contributed by atoms with Gasteiger partial charge in [0, 0.05) is 14.2 Å². The third-order valence-corrected chi connectivity index (χ3v) is 6.58. The summed E-state index contributed by atoms with van der Waals surface area (Å²) < 4.78 is 32.9. The Bertz CT molecular complexity index is 767. The quantitative estimate of drug-likeness (QED) is 0.213. The van der Waals surface area contributed by atoms with E-state index in [1.54, 1.807) is 7.11 Å². The summed E-state index contributed by atoms with van der Waals surface area (Å²) in [4.78, 5) is 55.5. The number of hydrogen-bond donors (Lipinski definition) is 2. The number of methoxy groups -OCH3 is 2. The topological polar surface area (TPSA) is 190 Å². The molecule has 278 valence electrons. The molecule has 0 aromatic carbocycles. The highest BCUT2D eigenvalue weighted by molar-refractivity contribution is 5.86. The molecule has 47 heavy (non-hydrogen) atoms. The largest absolute Gasteiger partial charge is 0.461 e. The van der Waals surface area contributed by atoms with Crippen LogP contribution in [0.3, 0.4) is 0 Å². The van der Waals surface area contributed by atoms with Crippen molar-refractivity contribution < 1.29 is 67.3 Å². The number of ether oxygens (including phenoxy) is 7. The van der Waals surface area contributed by atoms with Crippen molar-refractivity contribution in [2.45, 2.75) is 125 Å². The van der Waals surface area contributed by atoms with Crippen LogP contribution >= 0.6 is 0 Å². The molecule has 0 aromatic heterocycles. The van der Waals surface area contributed by atoms with Crippen LogP contribution in [0.15, 0.2) is 0 Å². The summed E-state index contributed by atoms with van der Waals surface area (Å²) in [6.45, 7) is 13.2. The molecule has 2 aliphatic rings. The zero-order valence-electron chi connectivity index (χ0n) is 30.1. The van der Waals surface area contributed by atoms with Crippen molar-refractivity contribution in [3.8, 4) is 0 Å².